The van der Waals surface area contributed by atoms with E-state index in [2.05, 4.69) is 48.4 Å². The minimum atomic E-state index is -0.276. The molecule has 1 aliphatic rings. The number of likely N-dealkylation sites (N-methyl/N-ethyl adjacent to an activating group) is 1. The molecule has 1 fully saturated rings. The molecule has 0 saturated carbocycles. The van der Waals surface area contributed by atoms with Crippen LogP contribution in [0.1, 0.15) is 10.4 Å². The van der Waals surface area contributed by atoms with E-state index in [1.54, 1.807) is 18.2 Å². The van der Waals surface area contributed by atoms with E-state index in [0.717, 1.165) is 49.1 Å². The van der Waals surface area contributed by atoms with Crippen LogP contribution in [0.4, 0.5) is 11.4 Å². The summed E-state index contributed by atoms with van der Waals surface area (Å²) in [5, 5.41) is 6.02. The first-order valence-electron chi connectivity index (χ1n) is 8.97. The van der Waals surface area contributed by atoms with E-state index in [1.165, 1.54) is 5.69 Å². The second kappa shape index (κ2) is 8.17. The average Bonchev–Trinajstić information content (AvgIpc) is 3.17. The molecule has 1 aromatic heterocycles. The molecule has 1 amide bonds. The molecule has 3 aromatic rings. The third kappa shape index (κ3) is 4.27. The zero-order chi connectivity index (χ0) is 19.5. The van der Waals surface area contributed by atoms with Gasteiger partial charge in [0.15, 0.2) is 5.11 Å². The van der Waals surface area contributed by atoms with Crippen LogP contribution in [0.2, 0.25) is 0 Å². The van der Waals surface area contributed by atoms with Crippen LogP contribution in [-0.2, 0) is 0 Å². The van der Waals surface area contributed by atoms with Gasteiger partial charge in [0.05, 0.1) is 11.7 Å². The lowest BCUT2D eigenvalue weighted by molar-refractivity contribution is 0.0978. The van der Waals surface area contributed by atoms with Crippen LogP contribution in [0.3, 0.4) is 0 Å². The summed E-state index contributed by atoms with van der Waals surface area (Å²) in [5.41, 5.74) is 4.01. The Balaban J connectivity index is 1.34. The number of piperazine rings is 1. The number of hydrogen-bond donors (Lipinski definition) is 2. The molecule has 9 heteroatoms. The monoisotopic (exact) mass is 412 g/mol. The zero-order valence-corrected chi connectivity index (χ0v) is 17.0. The highest BCUT2D eigenvalue weighted by Gasteiger charge is 2.14. The summed E-state index contributed by atoms with van der Waals surface area (Å²) in [6, 6.07) is 13.3. The van der Waals surface area contributed by atoms with Crippen LogP contribution in [0.5, 0.6) is 0 Å². The van der Waals surface area contributed by atoms with E-state index in [-0.39, 0.29) is 11.0 Å². The molecule has 28 heavy (non-hydrogen) atoms. The molecule has 0 radical (unpaired) electrons. The van der Waals surface area contributed by atoms with E-state index in [9.17, 15) is 4.79 Å². The lowest BCUT2D eigenvalue weighted by Crippen LogP contribution is -2.44. The third-order valence-corrected chi connectivity index (χ3v) is 5.50. The van der Waals surface area contributed by atoms with Crippen LogP contribution < -0.4 is 15.5 Å². The van der Waals surface area contributed by atoms with Gasteiger partial charge in [-0.25, -0.2) is 0 Å². The summed E-state index contributed by atoms with van der Waals surface area (Å²) in [4.78, 5) is 17.1. The Labute approximate surface area is 172 Å². The number of thiocarbonyl (C=S) groups is 1. The number of nitrogens with one attached hydrogen (secondary N) is 2. The molecule has 4 rings (SSSR count). The van der Waals surface area contributed by atoms with Crippen LogP contribution in [0, 0.1) is 0 Å². The van der Waals surface area contributed by atoms with Crippen LogP contribution in [0.15, 0.2) is 42.5 Å². The van der Waals surface area contributed by atoms with Gasteiger partial charge in [0.2, 0.25) is 0 Å². The van der Waals surface area contributed by atoms with Crippen molar-refractivity contribution in [1.82, 2.24) is 19.0 Å². The Kier molecular flexibility index (Phi) is 5.47. The van der Waals surface area contributed by atoms with E-state index >= 15 is 0 Å². The van der Waals surface area contributed by atoms with Crippen molar-refractivity contribution in [2.75, 3.05) is 43.4 Å². The lowest BCUT2D eigenvalue weighted by Gasteiger charge is -2.34. The number of fused-ring (bicyclic) bond motifs is 1. The highest BCUT2D eigenvalue weighted by molar-refractivity contribution is 7.80. The molecule has 0 unspecified atom stereocenters. The van der Waals surface area contributed by atoms with E-state index in [0.29, 0.717) is 11.1 Å². The minimum absolute atomic E-state index is 0.258. The van der Waals surface area contributed by atoms with E-state index < -0.39 is 0 Å². The first-order valence-corrected chi connectivity index (χ1v) is 10.1. The highest BCUT2D eigenvalue weighted by atomic mass is 32.1. The fourth-order valence-corrected chi connectivity index (χ4v) is 3.81. The Bertz CT molecular complexity index is 995. The number of benzene rings is 2. The summed E-state index contributed by atoms with van der Waals surface area (Å²) in [6.45, 7) is 4.19. The zero-order valence-electron chi connectivity index (χ0n) is 15.4. The first kappa shape index (κ1) is 18.7. The van der Waals surface area contributed by atoms with Crippen molar-refractivity contribution in [3.63, 3.8) is 0 Å². The fraction of sp³-hybridized carbons (Fsp3) is 0.263. The summed E-state index contributed by atoms with van der Waals surface area (Å²) < 4.78 is 8.29. The number of nitrogens with zero attached hydrogens (tertiary/aromatic N) is 4. The van der Waals surface area contributed by atoms with Gasteiger partial charge in [-0.1, -0.05) is 0 Å². The molecule has 2 aromatic carbocycles. The minimum Gasteiger partial charge on any atom is -0.369 e. The highest BCUT2D eigenvalue weighted by Crippen LogP contribution is 2.19. The summed E-state index contributed by atoms with van der Waals surface area (Å²) in [5.74, 6) is -0.276. The van der Waals surface area contributed by atoms with Crippen molar-refractivity contribution >= 4 is 57.4 Å². The van der Waals surface area contributed by atoms with Gasteiger partial charge in [0.25, 0.3) is 5.91 Å². The molecule has 0 atom stereocenters. The average molecular weight is 413 g/mol. The Hall–Kier alpha value is -2.62. The number of anilines is 2. The Morgan fingerprint density at radius 1 is 1.04 bits per heavy atom. The van der Waals surface area contributed by atoms with Gasteiger partial charge in [-0.15, -0.1) is 0 Å². The molecule has 1 aliphatic heterocycles. The topological polar surface area (TPSA) is 73.4 Å². The lowest BCUT2D eigenvalue weighted by atomic mass is 10.2. The van der Waals surface area contributed by atoms with Gasteiger partial charge < -0.3 is 15.1 Å². The van der Waals surface area contributed by atoms with Crippen molar-refractivity contribution in [2.45, 2.75) is 0 Å². The quantitative estimate of drug-likeness (QED) is 0.641. The Morgan fingerprint density at radius 2 is 1.75 bits per heavy atom. The van der Waals surface area contributed by atoms with E-state index in [1.807, 2.05) is 12.1 Å². The number of hydrogen-bond acceptors (Lipinski definition) is 7. The molecule has 0 aliphatic carbocycles. The SMILES string of the molecule is CN1CCN(c2ccc(NC(=S)NC(=O)c3ccc4nsnc4c3)cc2)CC1. The van der Waals surface area contributed by atoms with Crippen molar-refractivity contribution in [3.05, 3.63) is 48.0 Å². The number of aromatic nitrogens is 2. The first-order chi connectivity index (χ1) is 13.6. The van der Waals surface area contributed by atoms with Gasteiger partial charge in [-0.05, 0) is 61.7 Å². The van der Waals surface area contributed by atoms with Crippen LogP contribution >= 0.6 is 23.9 Å². The fourth-order valence-electron chi connectivity index (χ4n) is 3.08. The molecule has 1 saturated heterocycles. The van der Waals surface area contributed by atoms with E-state index in [4.69, 9.17) is 12.2 Å². The maximum absolute atomic E-state index is 12.4. The maximum Gasteiger partial charge on any atom is 0.257 e. The van der Waals surface area contributed by atoms with Gasteiger partial charge in [-0.2, -0.15) is 8.75 Å². The second-order valence-corrected chi connectivity index (χ2v) is 7.65. The molecular weight excluding hydrogens is 392 g/mol. The van der Waals surface area contributed by atoms with Gasteiger partial charge in [0.1, 0.15) is 11.0 Å². The second-order valence-electron chi connectivity index (χ2n) is 6.71. The maximum atomic E-state index is 12.4. The summed E-state index contributed by atoms with van der Waals surface area (Å²) in [7, 11) is 2.14. The predicted octanol–water partition coefficient (Wildman–Crippen LogP) is 2.57. The van der Waals surface area contributed by atoms with Gasteiger partial charge in [-0.3, -0.25) is 10.1 Å². The van der Waals surface area contributed by atoms with Gasteiger partial charge >= 0.3 is 0 Å². The molecule has 144 valence electrons. The molecule has 0 bridgehead atoms. The van der Waals surface area contributed by atoms with Crippen LogP contribution in [-0.4, -0.2) is 57.9 Å². The number of carbonyl (C=O) groups is 1. The van der Waals surface area contributed by atoms with Crippen molar-refractivity contribution in [3.8, 4) is 0 Å². The van der Waals surface area contributed by atoms with Crippen molar-refractivity contribution < 1.29 is 4.79 Å². The molecule has 2 heterocycles. The number of rotatable bonds is 3. The standard InChI is InChI=1S/C19H20N6OS2/c1-24-8-10-25(11-9-24)15-5-3-14(4-6-15)20-19(27)21-18(26)13-2-7-16-17(12-13)23-28-22-16/h2-7,12H,8-11H2,1H3,(H2,20,21,26,27). The normalized spacial score (nSPS) is 14.8. The summed E-state index contributed by atoms with van der Waals surface area (Å²) in [6.07, 6.45) is 0. The van der Waals surface area contributed by atoms with Crippen molar-refractivity contribution in [1.29, 1.82) is 0 Å². The van der Waals surface area contributed by atoms with Gasteiger partial charge in [0, 0.05) is 43.1 Å². The molecular formula is C19H20N6OS2. The molecule has 0 spiro atoms. The van der Waals surface area contributed by atoms with Crippen LogP contribution in [0.25, 0.3) is 11.0 Å². The Morgan fingerprint density at radius 3 is 2.50 bits per heavy atom. The number of amides is 1. The number of carbonyl (C=O) groups excluding carboxylic acids is 1. The summed E-state index contributed by atoms with van der Waals surface area (Å²) >= 11 is 6.40. The smallest absolute Gasteiger partial charge is 0.257 e. The molecule has 7 nitrogen and oxygen atoms in total. The largest absolute Gasteiger partial charge is 0.369 e. The van der Waals surface area contributed by atoms with Crippen molar-refractivity contribution in [2.24, 2.45) is 0 Å². The third-order valence-electron chi connectivity index (χ3n) is 4.74. The predicted molar refractivity (Wildman–Crippen MR) is 117 cm³/mol. The molecule has 2 N–H and O–H groups in total.